The molecular weight excluding hydrogens is 410 g/mol. The minimum Gasteiger partial charge on any atom is -0.450 e. The molecule has 0 unspecified atom stereocenters. The summed E-state index contributed by atoms with van der Waals surface area (Å²) in [6.45, 7) is 2.04. The minimum atomic E-state index is -0.509. The number of anilines is 1. The van der Waals surface area contributed by atoms with Crippen LogP contribution >= 0.6 is 15.9 Å². The normalized spacial score (nSPS) is 10.4. The molecule has 1 N–H and O–H groups in total. The van der Waals surface area contributed by atoms with Gasteiger partial charge in [0.1, 0.15) is 5.69 Å². The molecule has 6 nitrogen and oxygen atoms in total. The number of halogens is 1. The Morgan fingerprint density at radius 2 is 1.96 bits per heavy atom. The van der Waals surface area contributed by atoms with E-state index in [1.165, 1.54) is 6.07 Å². The summed E-state index contributed by atoms with van der Waals surface area (Å²) in [5, 5.41) is 7.12. The SMILES string of the molecule is CCOC(=O)Nc1cccc(Cc2nn(-c3ccc(Br)cc3)ccc2=O)c1. The van der Waals surface area contributed by atoms with Crippen molar-refractivity contribution in [2.75, 3.05) is 11.9 Å². The monoisotopic (exact) mass is 427 g/mol. The summed E-state index contributed by atoms with van der Waals surface area (Å²) < 4.78 is 7.52. The van der Waals surface area contributed by atoms with Crippen LogP contribution in [0.4, 0.5) is 10.5 Å². The molecule has 0 saturated heterocycles. The van der Waals surface area contributed by atoms with Gasteiger partial charge in [-0.25, -0.2) is 9.48 Å². The Kier molecular flexibility index (Phi) is 6.03. The predicted octanol–water partition coefficient (Wildman–Crippen LogP) is 4.15. The molecule has 2 aromatic carbocycles. The Balaban J connectivity index is 1.83. The van der Waals surface area contributed by atoms with E-state index in [4.69, 9.17) is 4.74 Å². The average Bonchev–Trinajstić information content (AvgIpc) is 2.65. The van der Waals surface area contributed by atoms with Gasteiger partial charge in [0.15, 0.2) is 0 Å². The average molecular weight is 428 g/mol. The molecule has 0 atom stereocenters. The van der Waals surface area contributed by atoms with Gasteiger partial charge in [0, 0.05) is 28.8 Å². The van der Waals surface area contributed by atoms with Crippen LogP contribution in [0, 0.1) is 0 Å². The highest BCUT2D eigenvalue weighted by Gasteiger charge is 2.08. The first-order valence-corrected chi connectivity index (χ1v) is 9.22. The fourth-order valence-corrected chi connectivity index (χ4v) is 2.81. The van der Waals surface area contributed by atoms with Crippen molar-refractivity contribution in [3.05, 3.63) is 86.7 Å². The quantitative estimate of drug-likeness (QED) is 0.663. The lowest BCUT2D eigenvalue weighted by atomic mass is 10.1. The number of hydrogen-bond acceptors (Lipinski definition) is 4. The molecule has 0 saturated carbocycles. The maximum atomic E-state index is 12.2. The molecule has 3 rings (SSSR count). The predicted molar refractivity (Wildman–Crippen MR) is 107 cm³/mol. The van der Waals surface area contributed by atoms with E-state index in [0.717, 1.165) is 15.7 Å². The van der Waals surface area contributed by atoms with Gasteiger partial charge in [-0.2, -0.15) is 5.10 Å². The van der Waals surface area contributed by atoms with Crippen LogP contribution in [0.1, 0.15) is 18.2 Å². The van der Waals surface area contributed by atoms with Gasteiger partial charge in [-0.3, -0.25) is 10.1 Å². The molecule has 7 heteroatoms. The molecule has 0 spiro atoms. The van der Waals surface area contributed by atoms with Gasteiger partial charge in [0.2, 0.25) is 5.43 Å². The zero-order chi connectivity index (χ0) is 19.2. The summed E-state index contributed by atoms with van der Waals surface area (Å²) in [7, 11) is 0. The van der Waals surface area contributed by atoms with Crippen LogP contribution in [0.25, 0.3) is 5.69 Å². The molecule has 27 heavy (non-hydrogen) atoms. The van der Waals surface area contributed by atoms with Crippen LogP contribution in [-0.4, -0.2) is 22.5 Å². The topological polar surface area (TPSA) is 73.2 Å². The Labute approximate surface area is 164 Å². The van der Waals surface area contributed by atoms with Crippen molar-refractivity contribution in [3.8, 4) is 5.69 Å². The van der Waals surface area contributed by atoms with Gasteiger partial charge >= 0.3 is 6.09 Å². The summed E-state index contributed by atoms with van der Waals surface area (Å²) >= 11 is 3.40. The number of hydrogen-bond donors (Lipinski definition) is 1. The van der Waals surface area contributed by atoms with Crippen LogP contribution < -0.4 is 10.7 Å². The lowest BCUT2D eigenvalue weighted by molar-refractivity contribution is 0.168. The first-order valence-electron chi connectivity index (χ1n) is 8.42. The minimum absolute atomic E-state index is 0.132. The van der Waals surface area contributed by atoms with Gasteiger partial charge in [-0.1, -0.05) is 28.1 Å². The van der Waals surface area contributed by atoms with E-state index in [2.05, 4.69) is 26.3 Å². The van der Waals surface area contributed by atoms with Crippen molar-refractivity contribution in [1.29, 1.82) is 0 Å². The molecule has 1 aromatic heterocycles. The largest absolute Gasteiger partial charge is 0.450 e. The molecule has 3 aromatic rings. The number of carbonyl (C=O) groups is 1. The molecule has 1 heterocycles. The van der Waals surface area contributed by atoms with Crippen molar-refractivity contribution in [2.24, 2.45) is 0 Å². The zero-order valence-corrected chi connectivity index (χ0v) is 16.3. The first-order chi connectivity index (χ1) is 13.0. The standard InChI is InChI=1S/C20H18BrN3O3/c1-2-27-20(26)22-16-5-3-4-14(12-16)13-18-19(25)10-11-24(23-18)17-8-6-15(21)7-9-17/h3-12H,2,13H2,1H3,(H,22,26). The third-order valence-corrected chi connectivity index (χ3v) is 4.32. The van der Waals surface area contributed by atoms with Gasteiger partial charge in [0.25, 0.3) is 0 Å². The third kappa shape index (κ3) is 5.04. The number of benzene rings is 2. The number of amides is 1. The number of nitrogens with one attached hydrogen (secondary N) is 1. The summed E-state index contributed by atoms with van der Waals surface area (Å²) in [5.41, 5.74) is 2.62. The molecule has 0 bridgehead atoms. The molecule has 0 radical (unpaired) electrons. The third-order valence-electron chi connectivity index (χ3n) is 3.79. The molecule has 0 aliphatic heterocycles. The fourth-order valence-electron chi connectivity index (χ4n) is 2.54. The van der Waals surface area contributed by atoms with E-state index in [-0.39, 0.29) is 5.43 Å². The lowest BCUT2D eigenvalue weighted by Gasteiger charge is -2.09. The first kappa shape index (κ1) is 18.8. The zero-order valence-electron chi connectivity index (χ0n) is 14.7. The Hall–Kier alpha value is -2.93. The molecule has 1 amide bonds. The summed E-state index contributed by atoms with van der Waals surface area (Å²) in [6.07, 6.45) is 1.49. The van der Waals surface area contributed by atoms with E-state index >= 15 is 0 Å². The summed E-state index contributed by atoms with van der Waals surface area (Å²) in [5.74, 6) is 0. The maximum absolute atomic E-state index is 12.2. The second-order valence-electron chi connectivity index (χ2n) is 5.77. The number of carbonyl (C=O) groups excluding carboxylic acids is 1. The molecule has 0 aliphatic rings. The molecule has 0 fully saturated rings. The van der Waals surface area contributed by atoms with Crippen molar-refractivity contribution in [1.82, 2.24) is 9.78 Å². The van der Waals surface area contributed by atoms with Gasteiger partial charge in [-0.15, -0.1) is 0 Å². The highest BCUT2D eigenvalue weighted by atomic mass is 79.9. The second-order valence-corrected chi connectivity index (χ2v) is 6.69. The highest BCUT2D eigenvalue weighted by molar-refractivity contribution is 9.10. The van der Waals surface area contributed by atoms with Crippen LogP contribution in [0.2, 0.25) is 0 Å². The van der Waals surface area contributed by atoms with Gasteiger partial charge in [0.05, 0.1) is 12.3 Å². The van der Waals surface area contributed by atoms with E-state index in [1.807, 2.05) is 36.4 Å². The van der Waals surface area contributed by atoms with E-state index in [1.54, 1.807) is 29.9 Å². The van der Waals surface area contributed by atoms with Crippen molar-refractivity contribution in [3.63, 3.8) is 0 Å². The number of rotatable bonds is 5. The van der Waals surface area contributed by atoms with Crippen LogP contribution in [0.5, 0.6) is 0 Å². The van der Waals surface area contributed by atoms with E-state index in [9.17, 15) is 9.59 Å². The Bertz CT molecular complexity index is 1000. The highest BCUT2D eigenvalue weighted by Crippen LogP contribution is 2.15. The smallest absolute Gasteiger partial charge is 0.411 e. The lowest BCUT2D eigenvalue weighted by Crippen LogP contribution is -2.16. The molecule has 138 valence electrons. The van der Waals surface area contributed by atoms with Crippen molar-refractivity contribution < 1.29 is 9.53 Å². The fraction of sp³-hybridized carbons (Fsp3) is 0.150. The van der Waals surface area contributed by atoms with E-state index in [0.29, 0.717) is 24.4 Å². The van der Waals surface area contributed by atoms with Gasteiger partial charge in [-0.05, 0) is 48.9 Å². The Morgan fingerprint density at radius 3 is 2.70 bits per heavy atom. The Morgan fingerprint density at radius 1 is 1.19 bits per heavy atom. The number of aromatic nitrogens is 2. The van der Waals surface area contributed by atoms with E-state index < -0.39 is 6.09 Å². The maximum Gasteiger partial charge on any atom is 0.411 e. The molecular formula is C20H18BrN3O3. The summed E-state index contributed by atoms with van der Waals surface area (Å²) in [6, 6.07) is 16.4. The number of nitrogens with zero attached hydrogens (tertiary/aromatic N) is 2. The summed E-state index contributed by atoms with van der Waals surface area (Å²) in [4.78, 5) is 23.8. The van der Waals surface area contributed by atoms with Crippen molar-refractivity contribution >= 4 is 27.7 Å². The van der Waals surface area contributed by atoms with Gasteiger partial charge < -0.3 is 4.74 Å². The van der Waals surface area contributed by atoms with Crippen LogP contribution in [0.15, 0.2) is 70.1 Å². The van der Waals surface area contributed by atoms with Crippen LogP contribution in [-0.2, 0) is 11.2 Å². The number of ether oxygens (including phenoxy) is 1. The molecule has 0 aliphatic carbocycles. The second kappa shape index (κ2) is 8.64. The van der Waals surface area contributed by atoms with Crippen molar-refractivity contribution in [2.45, 2.75) is 13.3 Å². The van der Waals surface area contributed by atoms with Crippen LogP contribution in [0.3, 0.4) is 0 Å².